The minimum absolute atomic E-state index is 0.129. The number of ether oxygens (including phenoxy) is 2. The lowest BCUT2D eigenvalue weighted by Crippen LogP contribution is -2.13. The van der Waals surface area contributed by atoms with Crippen molar-refractivity contribution < 1.29 is 18.7 Å². The van der Waals surface area contributed by atoms with Crippen LogP contribution in [0, 0.1) is 17.1 Å². The van der Waals surface area contributed by atoms with Crippen LogP contribution in [0.25, 0.3) is 6.08 Å². The Labute approximate surface area is 201 Å². The average molecular weight is 485 g/mol. The van der Waals surface area contributed by atoms with E-state index < -0.39 is 5.91 Å². The van der Waals surface area contributed by atoms with Crippen LogP contribution in [0.2, 0.25) is 10.0 Å². The predicted octanol–water partition coefficient (Wildman–Crippen LogP) is 6.66. The van der Waals surface area contributed by atoms with Crippen LogP contribution in [-0.2, 0) is 11.4 Å². The lowest BCUT2D eigenvalue weighted by molar-refractivity contribution is -0.112. The number of anilines is 1. The molecule has 0 heterocycles. The summed E-state index contributed by atoms with van der Waals surface area (Å²) in [5.74, 6) is 0.00563. The number of nitriles is 1. The number of carbonyl (C=O) groups excluding carboxylic acids is 1. The number of benzene rings is 3. The highest BCUT2D eigenvalue weighted by molar-refractivity contribution is 6.37. The third-order valence-electron chi connectivity index (χ3n) is 4.42. The molecule has 5 nitrogen and oxygen atoms in total. The van der Waals surface area contributed by atoms with E-state index in [1.165, 1.54) is 30.3 Å². The van der Waals surface area contributed by atoms with Crippen molar-refractivity contribution in [2.45, 2.75) is 13.5 Å². The molecular formula is C25H19Cl2FN2O3. The highest BCUT2D eigenvalue weighted by atomic mass is 35.5. The number of hydrogen-bond acceptors (Lipinski definition) is 4. The maximum atomic E-state index is 13.0. The Kier molecular flexibility index (Phi) is 8.31. The van der Waals surface area contributed by atoms with Gasteiger partial charge in [0.2, 0.25) is 0 Å². The molecule has 8 heteroatoms. The molecule has 0 saturated carbocycles. The first-order valence-corrected chi connectivity index (χ1v) is 10.7. The van der Waals surface area contributed by atoms with E-state index in [9.17, 15) is 14.4 Å². The molecule has 168 valence electrons. The number of amides is 1. The molecule has 0 radical (unpaired) electrons. The SMILES string of the molecule is CCOc1ccc(NC(=O)/C(C#N)=C\c2cc(Cl)c(OCc3ccc(F)cc3)c(Cl)c2)cc1. The molecular weight excluding hydrogens is 466 g/mol. The number of rotatable bonds is 8. The monoisotopic (exact) mass is 484 g/mol. The smallest absolute Gasteiger partial charge is 0.266 e. The van der Waals surface area contributed by atoms with Crippen molar-refractivity contribution in [2.24, 2.45) is 0 Å². The Hall–Kier alpha value is -3.53. The van der Waals surface area contributed by atoms with Crippen LogP contribution in [0.1, 0.15) is 18.1 Å². The molecule has 0 aliphatic heterocycles. The van der Waals surface area contributed by atoms with Gasteiger partial charge in [-0.1, -0.05) is 35.3 Å². The zero-order valence-corrected chi connectivity index (χ0v) is 19.1. The molecule has 1 N–H and O–H groups in total. The molecule has 3 rings (SSSR count). The van der Waals surface area contributed by atoms with Crippen molar-refractivity contribution in [1.29, 1.82) is 5.26 Å². The van der Waals surface area contributed by atoms with Crippen molar-refractivity contribution in [2.75, 3.05) is 11.9 Å². The average Bonchev–Trinajstić information content (AvgIpc) is 2.79. The third-order valence-corrected chi connectivity index (χ3v) is 4.98. The summed E-state index contributed by atoms with van der Waals surface area (Å²) >= 11 is 12.6. The highest BCUT2D eigenvalue weighted by Crippen LogP contribution is 2.35. The summed E-state index contributed by atoms with van der Waals surface area (Å²) in [7, 11) is 0. The van der Waals surface area contributed by atoms with Gasteiger partial charge < -0.3 is 14.8 Å². The maximum Gasteiger partial charge on any atom is 0.266 e. The second-order valence-corrected chi connectivity index (χ2v) is 7.62. The summed E-state index contributed by atoms with van der Waals surface area (Å²) < 4.78 is 24.1. The van der Waals surface area contributed by atoms with E-state index in [1.54, 1.807) is 36.4 Å². The Morgan fingerprint density at radius 3 is 2.27 bits per heavy atom. The first kappa shape index (κ1) is 24.1. The first-order chi connectivity index (χ1) is 15.9. The number of halogens is 3. The van der Waals surface area contributed by atoms with Crippen molar-refractivity contribution >= 4 is 40.9 Å². The van der Waals surface area contributed by atoms with E-state index in [2.05, 4.69) is 5.32 Å². The molecule has 3 aromatic carbocycles. The third kappa shape index (κ3) is 6.72. The molecule has 0 unspecified atom stereocenters. The summed E-state index contributed by atoms with van der Waals surface area (Å²) in [6.07, 6.45) is 1.38. The highest BCUT2D eigenvalue weighted by Gasteiger charge is 2.13. The van der Waals surface area contributed by atoms with Crippen LogP contribution in [0.5, 0.6) is 11.5 Å². The molecule has 1 amide bonds. The van der Waals surface area contributed by atoms with Gasteiger partial charge in [0.05, 0.1) is 16.7 Å². The summed E-state index contributed by atoms with van der Waals surface area (Å²) in [5.41, 5.74) is 1.59. The van der Waals surface area contributed by atoms with E-state index in [4.69, 9.17) is 32.7 Å². The standard InChI is InChI=1S/C25H19Cl2FN2O3/c1-2-32-21-9-7-20(8-10-21)30-25(31)18(14-29)11-17-12-22(26)24(23(27)13-17)33-15-16-3-5-19(28)6-4-16/h3-13H,2,15H2,1H3,(H,30,31)/b18-11-. The summed E-state index contributed by atoms with van der Waals surface area (Å²) in [6, 6.07) is 17.6. The summed E-state index contributed by atoms with van der Waals surface area (Å²) in [5, 5.41) is 12.5. The molecule has 0 saturated heterocycles. The van der Waals surface area contributed by atoms with Crippen LogP contribution < -0.4 is 14.8 Å². The molecule has 3 aromatic rings. The Bertz CT molecular complexity index is 1180. The number of nitrogens with zero attached hydrogens (tertiary/aromatic N) is 1. The van der Waals surface area contributed by atoms with Crippen molar-refractivity contribution in [3.8, 4) is 17.6 Å². The first-order valence-electron chi connectivity index (χ1n) is 9.92. The quantitative estimate of drug-likeness (QED) is 0.286. The van der Waals surface area contributed by atoms with E-state index in [0.717, 1.165) is 5.56 Å². The molecule has 0 fully saturated rings. The lowest BCUT2D eigenvalue weighted by Gasteiger charge is -2.11. The second-order valence-electron chi connectivity index (χ2n) is 6.81. The van der Waals surface area contributed by atoms with Gasteiger partial charge >= 0.3 is 0 Å². The van der Waals surface area contributed by atoms with Gasteiger partial charge in [-0.3, -0.25) is 4.79 Å². The minimum atomic E-state index is -0.578. The van der Waals surface area contributed by atoms with Gasteiger partial charge in [0, 0.05) is 5.69 Å². The second kappa shape index (κ2) is 11.4. The zero-order valence-electron chi connectivity index (χ0n) is 17.6. The van der Waals surface area contributed by atoms with Crippen molar-refractivity contribution in [3.05, 3.63) is 93.2 Å². The van der Waals surface area contributed by atoms with Gasteiger partial charge in [-0.15, -0.1) is 0 Å². The fraction of sp³-hybridized carbons (Fsp3) is 0.120. The zero-order chi connectivity index (χ0) is 23.8. The molecule has 0 bridgehead atoms. The summed E-state index contributed by atoms with van der Waals surface area (Å²) in [4.78, 5) is 12.5. The van der Waals surface area contributed by atoms with E-state index in [0.29, 0.717) is 23.6 Å². The Morgan fingerprint density at radius 1 is 1.06 bits per heavy atom. The maximum absolute atomic E-state index is 13.0. The van der Waals surface area contributed by atoms with Crippen LogP contribution in [-0.4, -0.2) is 12.5 Å². The molecule has 0 aliphatic rings. The van der Waals surface area contributed by atoms with Crippen molar-refractivity contribution in [1.82, 2.24) is 0 Å². The number of carbonyl (C=O) groups is 1. The van der Waals surface area contributed by atoms with E-state index in [1.807, 2.05) is 13.0 Å². The van der Waals surface area contributed by atoms with Gasteiger partial charge in [0.1, 0.15) is 29.8 Å². The molecule has 33 heavy (non-hydrogen) atoms. The Balaban J connectivity index is 1.72. The summed E-state index contributed by atoms with van der Waals surface area (Å²) in [6.45, 7) is 2.56. The number of nitrogens with one attached hydrogen (secondary N) is 1. The van der Waals surface area contributed by atoms with Crippen molar-refractivity contribution in [3.63, 3.8) is 0 Å². The molecule has 0 spiro atoms. The molecule has 0 aliphatic carbocycles. The van der Waals surface area contributed by atoms with Gasteiger partial charge in [-0.25, -0.2) is 4.39 Å². The lowest BCUT2D eigenvalue weighted by atomic mass is 10.1. The largest absolute Gasteiger partial charge is 0.494 e. The van der Waals surface area contributed by atoms with E-state index >= 15 is 0 Å². The number of hydrogen-bond donors (Lipinski definition) is 1. The predicted molar refractivity (Wildman–Crippen MR) is 127 cm³/mol. The van der Waals surface area contributed by atoms with Crippen LogP contribution >= 0.6 is 23.2 Å². The fourth-order valence-electron chi connectivity index (χ4n) is 2.85. The van der Waals surface area contributed by atoms with Gasteiger partial charge in [0.15, 0.2) is 5.75 Å². The van der Waals surface area contributed by atoms with Gasteiger partial charge in [0.25, 0.3) is 5.91 Å². The van der Waals surface area contributed by atoms with E-state index in [-0.39, 0.29) is 33.8 Å². The van der Waals surface area contributed by atoms with Crippen LogP contribution in [0.15, 0.2) is 66.2 Å². The molecule has 0 atom stereocenters. The normalized spacial score (nSPS) is 10.9. The van der Waals surface area contributed by atoms with Gasteiger partial charge in [-0.2, -0.15) is 5.26 Å². The topological polar surface area (TPSA) is 71.3 Å². The van der Waals surface area contributed by atoms with Gasteiger partial charge in [-0.05, 0) is 72.7 Å². The Morgan fingerprint density at radius 2 is 1.70 bits per heavy atom. The minimum Gasteiger partial charge on any atom is -0.494 e. The molecule has 0 aromatic heterocycles. The fourth-order valence-corrected chi connectivity index (χ4v) is 3.46. The van der Waals surface area contributed by atoms with Crippen LogP contribution in [0.4, 0.5) is 10.1 Å². The van der Waals surface area contributed by atoms with Crippen LogP contribution in [0.3, 0.4) is 0 Å².